The minimum absolute atomic E-state index is 0.0557. The number of rotatable bonds is 6. The lowest BCUT2D eigenvalue weighted by Gasteiger charge is -2.12. The van der Waals surface area contributed by atoms with Gasteiger partial charge in [-0.25, -0.2) is 9.78 Å². The Balaban J connectivity index is 1.27. The van der Waals surface area contributed by atoms with Gasteiger partial charge in [-0.1, -0.05) is 55.3 Å². The summed E-state index contributed by atoms with van der Waals surface area (Å²) in [6.07, 6.45) is 6.27. The molecule has 6 heteroatoms. The fourth-order valence-electron chi connectivity index (χ4n) is 4.03. The molecule has 2 N–H and O–H groups in total. The van der Waals surface area contributed by atoms with Gasteiger partial charge >= 0.3 is 6.03 Å². The maximum Gasteiger partial charge on any atom is 0.315 e. The number of nitrogens with zero attached hydrogens (tertiary/aromatic N) is 2. The normalized spacial score (nSPS) is 14.2. The number of urea groups is 1. The summed E-state index contributed by atoms with van der Waals surface area (Å²) in [5.41, 5.74) is 1.92. The van der Waals surface area contributed by atoms with E-state index in [1.165, 1.54) is 12.8 Å². The van der Waals surface area contributed by atoms with Gasteiger partial charge in [0.05, 0.1) is 12.0 Å². The number of amides is 2. The lowest BCUT2D eigenvalue weighted by Crippen LogP contribution is -2.38. The predicted octanol–water partition coefficient (Wildman–Crippen LogP) is 3.55. The highest BCUT2D eigenvalue weighted by Gasteiger charge is 2.18. The molecule has 1 heterocycles. The molecule has 4 rings (SSSR count). The maximum atomic E-state index is 12.3. The second-order valence-electron chi connectivity index (χ2n) is 7.57. The molecule has 29 heavy (non-hydrogen) atoms. The first kappa shape index (κ1) is 19.2. The van der Waals surface area contributed by atoms with Crippen LogP contribution < -0.4 is 16.2 Å². The highest BCUT2D eigenvalue weighted by atomic mass is 16.2. The van der Waals surface area contributed by atoms with Crippen molar-refractivity contribution in [2.75, 3.05) is 6.54 Å². The standard InChI is InChI=1S/C23H26N4O2/c28-22-14-21(18-7-1-2-8-18)26-16-27(22)13-12-24-23(29)25-15-19-10-5-9-17-6-3-4-11-20(17)19/h3-6,9-11,14,16,18H,1-2,7-8,12-13,15H2,(H2,24,25,29). The molecule has 150 valence electrons. The Labute approximate surface area is 170 Å². The van der Waals surface area contributed by atoms with Crippen LogP contribution in [0.25, 0.3) is 10.8 Å². The lowest BCUT2D eigenvalue weighted by molar-refractivity contribution is 0.240. The molecule has 0 radical (unpaired) electrons. The van der Waals surface area contributed by atoms with Gasteiger partial charge in [0.15, 0.2) is 0 Å². The zero-order valence-electron chi connectivity index (χ0n) is 16.4. The number of carbonyl (C=O) groups excluding carboxylic acids is 1. The second kappa shape index (κ2) is 8.90. The van der Waals surface area contributed by atoms with E-state index in [1.54, 1.807) is 17.0 Å². The number of aromatic nitrogens is 2. The molecule has 2 aromatic carbocycles. The monoisotopic (exact) mass is 390 g/mol. The zero-order valence-corrected chi connectivity index (χ0v) is 16.4. The van der Waals surface area contributed by atoms with Crippen LogP contribution in [0.3, 0.4) is 0 Å². The molecule has 3 aromatic rings. The van der Waals surface area contributed by atoms with Gasteiger partial charge in [-0.15, -0.1) is 0 Å². The van der Waals surface area contributed by atoms with Gasteiger partial charge in [-0.3, -0.25) is 9.36 Å². The van der Waals surface area contributed by atoms with E-state index in [2.05, 4.69) is 33.8 Å². The minimum atomic E-state index is -0.249. The molecule has 0 unspecified atom stereocenters. The van der Waals surface area contributed by atoms with Crippen molar-refractivity contribution >= 4 is 16.8 Å². The maximum absolute atomic E-state index is 12.3. The first-order valence-corrected chi connectivity index (χ1v) is 10.3. The summed E-state index contributed by atoms with van der Waals surface area (Å²) in [6, 6.07) is 15.6. The quantitative estimate of drug-likeness (QED) is 0.676. The SMILES string of the molecule is O=C(NCCn1cnc(C2CCCC2)cc1=O)NCc1cccc2ccccc12. The van der Waals surface area contributed by atoms with E-state index >= 15 is 0 Å². The first-order chi connectivity index (χ1) is 14.2. The number of hydrogen-bond donors (Lipinski definition) is 2. The summed E-state index contributed by atoms with van der Waals surface area (Å²) in [4.78, 5) is 28.9. The number of hydrogen-bond acceptors (Lipinski definition) is 3. The number of nitrogens with one attached hydrogen (secondary N) is 2. The fourth-order valence-corrected chi connectivity index (χ4v) is 4.03. The van der Waals surface area contributed by atoms with Crippen LogP contribution in [-0.4, -0.2) is 22.1 Å². The van der Waals surface area contributed by atoms with Crippen LogP contribution in [0.1, 0.15) is 42.9 Å². The van der Waals surface area contributed by atoms with Crippen molar-refractivity contribution in [2.45, 2.75) is 44.7 Å². The Kier molecular flexibility index (Phi) is 5.89. The number of benzene rings is 2. The largest absolute Gasteiger partial charge is 0.336 e. The van der Waals surface area contributed by atoms with Gasteiger partial charge < -0.3 is 10.6 Å². The van der Waals surface area contributed by atoms with Crippen molar-refractivity contribution in [1.29, 1.82) is 0 Å². The van der Waals surface area contributed by atoms with Crippen LogP contribution in [0.15, 0.2) is 59.7 Å². The molecule has 1 saturated carbocycles. The number of fused-ring (bicyclic) bond motifs is 1. The Bertz CT molecular complexity index is 1050. The molecule has 0 bridgehead atoms. The highest BCUT2D eigenvalue weighted by Crippen LogP contribution is 2.32. The van der Waals surface area contributed by atoms with Gasteiger partial charge in [0, 0.05) is 31.6 Å². The third-order valence-corrected chi connectivity index (χ3v) is 5.63. The van der Waals surface area contributed by atoms with Crippen molar-refractivity contribution in [3.05, 3.63) is 76.5 Å². The van der Waals surface area contributed by atoms with Crippen LogP contribution in [0.2, 0.25) is 0 Å². The van der Waals surface area contributed by atoms with E-state index in [-0.39, 0.29) is 11.6 Å². The third kappa shape index (κ3) is 4.65. The summed E-state index contributed by atoms with van der Waals surface area (Å²) >= 11 is 0. The molecule has 1 aliphatic carbocycles. The molecule has 6 nitrogen and oxygen atoms in total. The van der Waals surface area contributed by atoms with Crippen molar-refractivity contribution in [1.82, 2.24) is 20.2 Å². The fraction of sp³-hybridized carbons (Fsp3) is 0.348. The topological polar surface area (TPSA) is 76.0 Å². The van der Waals surface area contributed by atoms with E-state index in [4.69, 9.17) is 0 Å². The Morgan fingerprint density at radius 3 is 2.69 bits per heavy atom. The molecule has 0 atom stereocenters. The second-order valence-corrected chi connectivity index (χ2v) is 7.57. The molecule has 1 fully saturated rings. The molecular formula is C23H26N4O2. The molecule has 0 aliphatic heterocycles. The third-order valence-electron chi connectivity index (χ3n) is 5.63. The van der Waals surface area contributed by atoms with Gasteiger partial charge in [0.1, 0.15) is 0 Å². The molecule has 0 saturated heterocycles. The van der Waals surface area contributed by atoms with Crippen LogP contribution in [0.4, 0.5) is 4.79 Å². The summed E-state index contributed by atoms with van der Waals surface area (Å²) in [5, 5.41) is 7.98. The Morgan fingerprint density at radius 2 is 1.86 bits per heavy atom. The van der Waals surface area contributed by atoms with Gasteiger partial charge in [-0.05, 0) is 29.2 Å². The van der Waals surface area contributed by atoms with Crippen molar-refractivity contribution in [3.8, 4) is 0 Å². The molecule has 1 aliphatic rings. The Hall–Kier alpha value is -3.15. The summed E-state index contributed by atoms with van der Waals surface area (Å²) < 4.78 is 1.55. The molecule has 0 spiro atoms. The van der Waals surface area contributed by atoms with Crippen molar-refractivity contribution < 1.29 is 4.79 Å². The van der Waals surface area contributed by atoms with Crippen molar-refractivity contribution in [2.24, 2.45) is 0 Å². The number of carbonyl (C=O) groups is 1. The highest BCUT2D eigenvalue weighted by molar-refractivity contribution is 5.86. The summed E-state index contributed by atoms with van der Waals surface area (Å²) in [7, 11) is 0. The van der Waals surface area contributed by atoms with Gasteiger partial charge in [-0.2, -0.15) is 0 Å². The van der Waals surface area contributed by atoms with E-state index in [9.17, 15) is 9.59 Å². The van der Waals surface area contributed by atoms with Crippen molar-refractivity contribution in [3.63, 3.8) is 0 Å². The summed E-state index contributed by atoms with van der Waals surface area (Å²) in [5.74, 6) is 0.426. The first-order valence-electron chi connectivity index (χ1n) is 10.3. The van der Waals surface area contributed by atoms with E-state index in [0.29, 0.717) is 25.6 Å². The Morgan fingerprint density at radius 1 is 1.07 bits per heavy atom. The van der Waals surface area contributed by atoms with E-state index in [1.807, 2.05) is 24.3 Å². The molecule has 1 aromatic heterocycles. The van der Waals surface area contributed by atoms with Crippen LogP contribution in [0, 0.1) is 0 Å². The average Bonchev–Trinajstić information content (AvgIpc) is 3.28. The predicted molar refractivity (Wildman–Crippen MR) is 114 cm³/mol. The molecule has 2 amide bonds. The van der Waals surface area contributed by atoms with Crippen LogP contribution in [-0.2, 0) is 13.1 Å². The van der Waals surface area contributed by atoms with Crippen LogP contribution >= 0.6 is 0 Å². The van der Waals surface area contributed by atoms with Crippen LogP contribution in [0.5, 0.6) is 0 Å². The zero-order chi connectivity index (χ0) is 20.1. The van der Waals surface area contributed by atoms with E-state index in [0.717, 1.165) is 34.9 Å². The minimum Gasteiger partial charge on any atom is -0.336 e. The van der Waals surface area contributed by atoms with Gasteiger partial charge in [0.2, 0.25) is 0 Å². The van der Waals surface area contributed by atoms with Gasteiger partial charge in [0.25, 0.3) is 5.56 Å². The smallest absolute Gasteiger partial charge is 0.315 e. The average molecular weight is 390 g/mol. The lowest BCUT2D eigenvalue weighted by atomic mass is 10.0. The molecular weight excluding hydrogens is 364 g/mol. The van der Waals surface area contributed by atoms with E-state index < -0.39 is 0 Å². The summed E-state index contributed by atoms with van der Waals surface area (Å²) in [6.45, 7) is 1.22.